The van der Waals surface area contributed by atoms with Crippen LogP contribution in [-0.4, -0.2) is 5.25 Å². The summed E-state index contributed by atoms with van der Waals surface area (Å²) in [6.45, 7) is 2.17. The lowest BCUT2D eigenvalue weighted by Gasteiger charge is -2.20. The molecule has 0 saturated carbocycles. The third kappa shape index (κ3) is 3.37. The van der Waals surface area contributed by atoms with Gasteiger partial charge in [-0.1, -0.05) is 49.4 Å². The first-order chi connectivity index (χ1) is 8.68. The topological polar surface area (TPSA) is 26.0 Å². The van der Waals surface area contributed by atoms with E-state index in [1.165, 1.54) is 10.5 Å². The molecule has 0 aliphatic heterocycles. The molecule has 94 valence electrons. The van der Waals surface area contributed by atoms with Crippen LogP contribution in [-0.2, 0) is 0 Å². The summed E-state index contributed by atoms with van der Waals surface area (Å²) >= 11 is 5.37. The highest BCUT2D eigenvalue weighted by Crippen LogP contribution is 2.34. The van der Waals surface area contributed by atoms with Gasteiger partial charge in [-0.25, -0.2) is 0 Å². The van der Waals surface area contributed by atoms with E-state index >= 15 is 0 Å². The molecular formula is C15H16BrNS. The van der Waals surface area contributed by atoms with Gasteiger partial charge in [-0.3, -0.25) is 0 Å². The average molecular weight is 322 g/mol. The van der Waals surface area contributed by atoms with Crippen molar-refractivity contribution >= 4 is 27.7 Å². The number of thioether (sulfide) groups is 1. The lowest BCUT2D eigenvalue weighted by atomic mass is 10.1. The number of halogens is 1. The quantitative estimate of drug-likeness (QED) is 0.831. The van der Waals surface area contributed by atoms with E-state index in [1.807, 2.05) is 30.3 Å². The van der Waals surface area contributed by atoms with Gasteiger partial charge in [0.25, 0.3) is 0 Å². The van der Waals surface area contributed by atoms with Crippen molar-refractivity contribution < 1.29 is 0 Å². The molecule has 2 N–H and O–H groups in total. The standard InChI is InChI=1S/C15H16BrNS/c1-11(15(17)12-7-3-2-4-8-12)18-14-10-6-5-9-13(14)16/h2-11,15H,17H2,1H3. The number of rotatable bonds is 4. The highest BCUT2D eigenvalue weighted by Gasteiger charge is 2.16. The van der Waals surface area contributed by atoms with E-state index in [-0.39, 0.29) is 6.04 Å². The molecule has 0 saturated heterocycles. The van der Waals surface area contributed by atoms with Crippen molar-refractivity contribution in [2.45, 2.75) is 23.1 Å². The van der Waals surface area contributed by atoms with Crippen molar-refractivity contribution in [1.29, 1.82) is 0 Å². The lowest BCUT2D eigenvalue weighted by Crippen LogP contribution is -2.20. The van der Waals surface area contributed by atoms with Crippen LogP contribution in [0.5, 0.6) is 0 Å². The van der Waals surface area contributed by atoms with Crippen molar-refractivity contribution in [2.24, 2.45) is 5.73 Å². The van der Waals surface area contributed by atoms with Gasteiger partial charge in [0.2, 0.25) is 0 Å². The van der Waals surface area contributed by atoms with Gasteiger partial charge in [0.15, 0.2) is 0 Å². The minimum absolute atomic E-state index is 0.0447. The van der Waals surface area contributed by atoms with Gasteiger partial charge >= 0.3 is 0 Å². The Morgan fingerprint density at radius 3 is 2.28 bits per heavy atom. The first-order valence-corrected chi connectivity index (χ1v) is 7.57. The minimum atomic E-state index is 0.0447. The van der Waals surface area contributed by atoms with Crippen LogP contribution in [0.15, 0.2) is 64.0 Å². The molecule has 0 spiro atoms. The molecule has 2 aromatic rings. The summed E-state index contributed by atoms with van der Waals surface area (Å²) in [6.07, 6.45) is 0. The molecule has 2 aromatic carbocycles. The first-order valence-electron chi connectivity index (χ1n) is 5.90. The number of hydrogen-bond donors (Lipinski definition) is 1. The van der Waals surface area contributed by atoms with Crippen LogP contribution in [0.4, 0.5) is 0 Å². The van der Waals surface area contributed by atoms with Gasteiger partial charge in [0.1, 0.15) is 0 Å². The molecule has 0 amide bonds. The van der Waals surface area contributed by atoms with Crippen molar-refractivity contribution in [1.82, 2.24) is 0 Å². The van der Waals surface area contributed by atoms with Crippen molar-refractivity contribution in [3.63, 3.8) is 0 Å². The zero-order chi connectivity index (χ0) is 13.0. The summed E-state index contributed by atoms with van der Waals surface area (Å²) in [7, 11) is 0. The summed E-state index contributed by atoms with van der Waals surface area (Å²) < 4.78 is 1.13. The van der Waals surface area contributed by atoms with E-state index in [0.717, 1.165) is 4.47 Å². The van der Waals surface area contributed by atoms with Crippen molar-refractivity contribution in [3.05, 3.63) is 64.6 Å². The Kier molecular flexibility index (Phi) is 4.87. The van der Waals surface area contributed by atoms with Crippen molar-refractivity contribution in [2.75, 3.05) is 0 Å². The van der Waals surface area contributed by atoms with Gasteiger partial charge < -0.3 is 5.73 Å². The molecule has 0 heterocycles. The molecule has 0 aliphatic rings. The Morgan fingerprint density at radius 1 is 1.00 bits per heavy atom. The van der Waals surface area contributed by atoms with Crippen LogP contribution in [0.2, 0.25) is 0 Å². The molecule has 2 rings (SSSR count). The maximum atomic E-state index is 6.30. The maximum Gasteiger partial charge on any atom is 0.0416 e. The molecule has 2 unspecified atom stereocenters. The molecule has 0 fully saturated rings. The largest absolute Gasteiger partial charge is 0.323 e. The number of nitrogens with two attached hydrogens (primary N) is 1. The number of hydrogen-bond acceptors (Lipinski definition) is 2. The average Bonchev–Trinajstić information content (AvgIpc) is 2.41. The van der Waals surface area contributed by atoms with Gasteiger partial charge in [-0.15, -0.1) is 11.8 Å². The second-order valence-corrected chi connectivity index (χ2v) is 6.46. The maximum absolute atomic E-state index is 6.30. The Bertz CT molecular complexity index is 501. The third-order valence-electron chi connectivity index (χ3n) is 2.84. The Hall–Kier alpha value is -0.770. The second kappa shape index (κ2) is 6.41. The molecule has 0 radical (unpaired) electrons. The van der Waals surface area contributed by atoms with Crippen LogP contribution in [0.3, 0.4) is 0 Å². The molecule has 0 bridgehead atoms. The van der Waals surface area contributed by atoms with Gasteiger partial charge in [-0.2, -0.15) is 0 Å². The smallest absolute Gasteiger partial charge is 0.0416 e. The highest BCUT2D eigenvalue weighted by molar-refractivity contribution is 9.10. The van der Waals surface area contributed by atoms with E-state index in [0.29, 0.717) is 5.25 Å². The fraction of sp³-hybridized carbons (Fsp3) is 0.200. The first kappa shape index (κ1) is 13.7. The normalized spacial score (nSPS) is 14.2. The molecular weight excluding hydrogens is 306 g/mol. The van der Waals surface area contributed by atoms with E-state index in [2.05, 4.69) is 47.1 Å². The van der Waals surface area contributed by atoms with Gasteiger partial charge in [0.05, 0.1) is 0 Å². The summed E-state index contributed by atoms with van der Waals surface area (Å²) in [5.41, 5.74) is 7.49. The van der Waals surface area contributed by atoms with E-state index in [9.17, 15) is 0 Å². The van der Waals surface area contributed by atoms with Gasteiger partial charge in [-0.05, 0) is 33.6 Å². The number of benzene rings is 2. The third-order valence-corrected chi connectivity index (χ3v) is 5.07. The zero-order valence-electron chi connectivity index (χ0n) is 10.2. The predicted octanol–water partition coefficient (Wildman–Crippen LogP) is 4.63. The fourth-order valence-corrected chi connectivity index (χ4v) is 3.37. The fourth-order valence-electron chi connectivity index (χ4n) is 1.76. The molecule has 18 heavy (non-hydrogen) atoms. The summed E-state index contributed by atoms with van der Waals surface area (Å²) in [5, 5.41) is 0.325. The molecule has 0 aromatic heterocycles. The Balaban J connectivity index is 2.09. The van der Waals surface area contributed by atoms with Crippen LogP contribution in [0.1, 0.15) is 18.5 Å². The lowest BCUT2D eigenvalue weighted by molar-refractivity contribution is 0.715. The summed E-state index contributed by atoms with van der Waals surface area (Å²) in [6, 6.07) is 18.5. The van der Waals surface area contributed by atoms with Crippen LogP contribution < -0.4 is 5.73 Å². The van der Waals surface area contributed by atoms with E-state index in [1.54, 1.807) is 11.8 Å². The summed E-state index contributed by atoms with van der Waals surface area (Å²) in [5.74, 6) is 0. The van der Waals surface area contributed by atoms with Gasteiger partial charge in [0, 0.05) is 20.7 Å². The Labute approximate surface area is 121 Å². The highest BCUT2D eigenvalue weighted by atomic mass is 79.9. The SMILES string of the molecule is CC(Sc1ccccc1Br)C(N)c1ccccc1. The monoisotopic (exact) mass is 321 g/mol. The van der Waals surface area contributed by atoms with E-state index < -0.39 is 0 Å². The zero-order valence-corrected chi connectivity index (χ0v) is 12.6. The molecule has 2 atom stereocenters. The molecule has 3 heteroatoms. The van der Waals surface area contributed by atoms with E-state index in [4.69, 9.17) is 5.73 Å². The predicted molar refractivity (Wildman–Crippen MR) is 82.8 cm³/mol. The second-order valence-electron chi connectivity index (χ2n) is 4.19. The molecule has 1 nitrogen and oxygen atoms in total. The summed E-state index contributed by atoms with van der Waals surface area (Å²) in [4.78, 5) is 1.23. The van der Waals surface area contributed by atoms with Crippen molar-refractivity contribution in [3.8, 4) is 0 Å². The molecule has 0 aliphatic carbocycles. The van der Waals surface area contributed by atoms with Crippen LogP contribution in [0, 0.1) is 0 Å². The van der Waals surface area contributed by atoms with Crippen LogP contribution in [0.25, 0.3) is 0 Å². The minimum Gasteiger partial charge on any atom is -0.323 e. The Morgan fingerprint density at radius 2 is 1.61 bits per heavy atom. The van der Waals surface area contributed by atoms with Crippen LogP contribution >= 0.6 is 27.7 Å².